The Bertz CT molecular complexity index is 4050. The third-order valence-electron chi connectivity index (χ3n) is 11.7. The van der Waals surface area contributed by atoms with Crippen molar-refractivity contribution in [3.63, 3.8) is 0 Å². The zero-order chi connectivity index (χ0) is 48.2. The second-order valence-corrected chi connectivity index (χ2v) is 17.4. The number of fused-ring (bicyclic) bond motifs is 10. The molecule has 19 heteroatoms. The van der Waals surface area contributed by atoms with Gasteiger partial charge in [-0.25, -0.2) is 61.3 Å². The minimum atomic E-state index is -4.08. The molecule has 0 saturated carbocycles. The first-order valence-corrected chi connectivity index (χ1v) is 21.8. The van der Waals surface area contributed by atoms with Crippen LogP contribution in [0.25, 0.3) is 101 Å². The van der Waals surface area contributed by atoms with Crippen LogP contribution in [0, 0.1) is 58.2 Å². The number of benzene rings is 5. The van der Waals surface area contributed by atoms with E-state index in [9.17, 15) is 34.8 Å². The van der Waals surface area contributed by atoms with Gasteiger partial charge in [0.15, 0.2) is 46.5 Å². The summed E-state index contributed by atoms with van der Waals surface area (Å²) >= 11 is 0. The summed E-state index contributed by atoms with van der Waals surface area (Å²) in [5, 5.41) is 0.567. The first-order chi connectivity index (χ1) is 33.1. The second-order valence-electron chi connectivity index (χ2n) is 15.6. The fraction of sp³-hybridized carbons (Fsp3) is 0. The van der Waals surface area contributed by atoms with E-state index in [4.69, 9.17) is 0 Å². The third-order valence-corrected chi connectivity index (χ3v) is 13.4. The predicted molar refractivity (Wildman–Crippen MR) is 244 cm³/mol. The fourth-order valence-corrected chi connectivity index (χ4v) is 9.91. The maximum Gasteiger partial charge on any atom is 3.00 e. The minimum Gasteiger partial charge on any atom is -0.658 e. The predicted octanol–water partition coefficient (Wildman–Crippen LogP) is 12.5. The van der Waals surface area contributed by atoms with Crippen LogP contribution in [0.1, 0.15) is 11.4 Å². The van der Waals surface area contributed by atoms with Gasteiger partial charge in [0.2, 0.25) is 11.6 Å². The molecule has 0 aliphatic carbocycles. The van der Waals surface area contributed by atoms with Crippen molar-refractivity contribution in [3.8, 4) is 44.5 Å². The van der Waals surface area contributed by atoms with Gasteiger partial charge in [-0.1, -0.05) is 97.1 Å². The van der Waals surface area contributed by atoms with Gasteiger partial charge in [-0.05, 0) is 58.2 Å². The van der Waals surface area contributed by atoms with Crippen LogP contribution in [0.3, 0.4) is 0 Å². The van der Waals surface area contributed by atoms with Crippen molar-refractivity contribution < 1.29 is 52.3 Å². The van der Waals surface area contributed by atoms with E-state index >= 15 is 17.6 Å². The maximum absolute atomic E-state index is 15.8. The van der Waals surface area contributed by atoms with Crippen LogP contribution < -0.4 is 15.0 Å². The second kappa shape index (κ2) is 17.2. The van der Waals surface area contributed by atoms with Crippen LogP contribution in [0.2, 0.25) is 0 Å². The summed E-state index contributed by atoms with van der Waals surface area (Å²) in [5.41, 5.74) is -3.87. The summed E-state index contributed by atoms with van der Waals surface area (Å²) < 4.78 is 181. The largest absolute Gasteiger partial charge is 3.00 e. The Morgan fingerprint density at radius 3 is 1.34 bits per heavy atom. The Morgan fingerprint density at radius 2 is 0.800 bits per heavy atom. The zero-order valence-corrected chi connectivity index (χ0v) is 39.2. The number of halogens is 10. The van der Waals surface area contributed by atoms with Crippen molar-refractivity contribution in [2.75, 3.05) is 0 Å². The van der Waals surface area contributed by atoms with E-state index in [1.165, 1.54) is 66.9 Å². The van der Waals surface area contributed by atoms with E-state index in [0.717, 1.165) is 3.97 Å². The summed E-state index contributed by atoms with van der Waals surface area (Å²) in [5.74, 6) is -22.6. The van der Waals surface area contributed by atoms with Crippen LogP contribution in [-0.2, 0) is 10.0 Å². The molecule has 2 radical (unpaired) electrons. The van der Waals surface area contributed by atoms with Gasteiger partial charge in [-0.15, -0.1) is 22.1 Å². The molecule has 0 unspecified atom stereocenters. The molecule has 1 aliphatic heterocycles. The van der Waals surface area contributed by atoms with E-state index in [2.05, 4.69) is 19.9 Å². The van der Waals surface area contributed by atoms with Crippen LogP contribution >= 0.6 is 0 Å². The molecule has 0 saturated heterocycles. The number of hydrogen-bond donors (Lipinski definition) is 0. The molecule has 6 heterocycles. The van der Waals surface area contributed by atoms with Crippen LogP contribution in [-0.4, -0.2) is 43.6 Å². The average molecular weight is 1170 g/mol. The van der Waals surface area contributed by atoms with Gasteiger partial charge in [0.05, 0.1) is 32.9 Å². The summed E-state index contributed by atoms with van der Waals surface area (Å²) in [7, 11) is -4.08. The average Bonchev–Trinajstić information content (AvgIpc) is 4.23. The molecule has 5 aromatic carbocycles. The maximum atomic E-state index is 15.8. The SMILES string of the molecule is O=S(=O)(c1ccccc1)n1cc(-c2ccc(-c3c4nc(c(-c5c(F)c(F)c(F)c(F)c5F)c5ccc([n-]5)c5ccc([n-]5)c(-c5c(F)c(F)c(F)c(F)c5F)c5ccc3[n-]5)C=C4)cc2)c2ccccc21.[Bi+3]. The molecular formula is C51H22BiF10N5O2S. The minimum absolute atomic E-state index is 0. The number of aromatic nitrogens is 5. The summed E-state index contributed by atoms with van der Waals surface area (Å²) in [4.78, 5) is 18.0. The van der Waals surface area contributed by atoms with Crippen LogP contribution in [0.15, 0.2) is 126 Å². The third kappa shape index (κ3) is 7.12. The Labute approximate surface area is 406 Å². The van der Waals surface area contributed by atoms with Gasteiger partial charge >= 0.3 is 26.2 Å². The molecule has 0 spiro atoms. The van der Waals surface area contributed by atoms with E-state index < -0.39 is 90.4 Å². The smallest absolute Gasteiger partial charge is 0.658 e. The van der Waals surface area contributed by atoms with Crippen LogP contribution in [0.4, 0.5) is 43.9 Å². The van der Waals surface area contributed by atoms with Gasteiger partial charge in [0, 0.05) is 17.1 Å². The number of nitrogens with zero attached hydrogens (tertiary/aromatic N) is 5. The molecule has 7 nitrogen and oxygen atoms in total. The molecule has 0 N–H and O–H groups in total. The van der Waals surface area contributed by atoms with Crippen molar-refractivity contribution >= 4 is 92.4 Å². The molecule has 344 valence electrons. The standard InChI is InChI=1S/C51H22F10N5O2S.Bi/c52-42-40(43(53)47(57)50(60)46(42)56)38-32-16-14-28(62-32)29-15-17-33(63-29)39(41-44(54)48(58)51(61)49(59)45(41)55)35-21-19-31(65-35)37(30-18-20-34(38)64-30)24-12-10-23(11-13-24)27-22-66(36-9-5-4-8-26(27)36)69(67,68)25-6-2-1-3-7-25;/h1-22H;/q-3;+3. The van der Waals surface area contributed by atoms with Crippen molar-refractivity contribution in [1.29, 1.82) is 0 Å². The van der Waals surface area contributed by atoms with E-state index in [0.29, 0.717) is 22.0 Å². The zero-order valence-electron chi connectivity index (χ0n) is 34.9. The van der Waals surface area contributed by atoms with Crippen molar-refractivity contribution in [2.45, 2.75) is 4.90 Å². The molecule has 70 heavy (non-hydrogen) atoms. The molecule has 0 amide bonds. The first kappa shape index (κ1) is 46.2. The summed E-state index contributed by atoms with van der Waals surface area (Å²) in [6, 6.07) is 28.5. The van der Waals surface area contributed by atoms with Gasteiger partial charge < -0.3 is 15.0 Å². The van der Waals surface area contributed by atoms with E-state index in [1.54, 1.807) is 66.7 Å². The topological polar surface area (TPSA) is 94.3 Å². The van der Waals surface area contributed by atoms with Gasteiger partial charge in [0.1, 0.15) is 0 Å². The Balaban J connectivity index is 0.00000567. The number of hydrogen-bond acceptors (Lipinski definition) is 3. The normalized spacial score (nSPS) is 12.1. The molecular weight excluding hydrogens is 1150 g/mol. The quantitative estimate of drug-likeness (QED) is 0.0713. The molecule has 0 fully saturated rings. The summed E-state index contributed by atoms with van der Waals surface area (Å²) in [6.45, 7) is 0. The number of rotatable bonds is 6. The molecule has 5 aromatic heterocycles. The molecule has 11 rings (SSSR count). The number of para-hydroxylation sites is 1. The monoisotopic (exact) mass is 1170 g/mol. The van der Waals surface area contributed by atoms with Gasteiger partial charge in [-0.2, -0.15) is 11.0 Å². The fourth-order valence-electron chi connectivity index (χ4n) is 8.52. The molecule has 1 aliphatic rings. The first-order valence-electron chi connectivity index (χ1n) is 20.4. The van der Waals surface area contributed by atoms with E-state index in [-0.39, 0.29) is 86.7 Å². The summed E-state index contributed by atoms with van der Waals surface area (Å²) in [6.07, 6.45) is 4.04. The van der Waals surface area contributed by atoms with Crippen molar-refractivity contribution in [1.82, 2.24) is 23.9 Å². The van der Waals surface area contributed by atoms with Crippen molar-refractivity contribution in [3.05, 3.63) is 191 Å². The van der Waals surface area contributed by atoms with Crippen molar-refractivity contribution in [2.24, 2.45) is 0 Å². The van der Waals surface area contributed by atoms with Crippen LogP contribution in [0.5, 0.6) is 0 Å². The molecule has 0 atom stereocenters. The van der Waals surface area contributed by atoms with Gasteiger partial charge in [0.25, 0.3) is 10.0 Å². The van der Waals surface area contributed by atoms with E-state index in [1.807, 2.05) is 0 Å². The Kier molecular flexibility index (Phi) is 11.3. The molecule has 10 aromatic rings. The molecule has 8 bridgehead atoms. The van der Waals surface area contributed by atoms with Gasteiger partial charge in [-0.3, -0.25) is 0 Å². The Hall–Kier alpha value is -7.50. The Morgan fingerprint density at radius 1 is 0.400 bits per heavy atom.